The van der Waals surface area contributed by atoms with Gasteiger partial charge in [0.1, 0.15) is 6.23 Å². The van der Waals surface area contributed by atoms with Crippen LogP contribution in [-0.2, 0) is 9.53 Å². The largest absolute Gasteiger partial charge is 0.354 e. The van der Waals surface area contributed by atoms with E-state index >= 15 is 0 Å². The number of amides is 1. The zero-order valence-corrected chi connectivity index (χ0v) is 14.1. The Balaban J connectivity index is 2.22. The Hall–Kier alpha value is -1.38. The molecule has 22 heavy (non-hydrogen) atoms. The van der Waals surface area contributed by atoms with Crippen LogP contribution in [0, 0.1) is 0 Å². The molecule has 0 unspecified atom stereocenters. The maximum absolute atomic E-state index is 11.9. The van der Waals surface area contributed by atoms with Gasteiger partial charge in [0.15, 0.2) is 0 Å². The summed E-state index contributed by atoms with van der Waals surface area (Å²) in [7, 11) is 0. The van der Waals surface area contributed by atoms with E-state index in [0.29, 0.717) is 12.0 Å². The number of alkyl halides is 1. The first-order chi connectivity index (χ1) is 10.4. The summed E-state index contributed by atoms with van der Waals surface area (Å²) in [5, 5.41) is 2.29. The summed E-state index contributed by atoms with van der Waals surface area (Å²) in [4.78, 5) is 38.3. The van der Waals surface area contributed by atoms with Crippen molar-refractivity contribution in [3.63, 3.8) is 0 Å². The Bertz CT molecular complexity index is 699. The van der Waals surface area contributed by atoms with Crippen LogP contribution in [0.3, 0.4) is 0 Å². The van der Waals surface area contributed by atoms with E-state index in [2.05, 4.69) is 26.2 Å². The fourth-order valence-electron chi connectivity index (χ4n) is 2.19. The van der Waals surface area contributed by atoms with Gasteiger partial charge in [-0.05, 0) is 11.1 Å². The molecule has 1 aliphatic rings. The quantitative estimate of drug-likeness (QED) is 0.746. The third-order valence-electron chi connectivity index (χ3n) is 3.26. The molecule has 0 spiro atoms. The number of rotatable bonds is 4. The number of hydrogen-bond donors (Lipinski definition) is 2. The number of aromatic amines is 1. The number of carbonyl (C=O) groups is 1. The fraction of sp³-hybridized carbons (Fsp3) is 0.462. The molecule has 2 N–H and O–H groups in total. The molecule has 0 aromatic carbocycles. The fourth-order valence-corrected chi connectivity index (χ4v) is 2.77. The van der Waals surface area contributed by atoms with Crippen LogP contribution in [0.15, 0.2) is 20.8 Å². The van der Waals surface area contributed by atoms with Crippen molar-refractivity contribution in [3.8, 4) is 0 Å². The molecule has 1 fully saturated rings. The summed E-state index contributed by atoms with van der Waals surface area (Å²) in [5.41, 5.74) is -0.727. The number of nitrogens with one attached hydrogen (secondary N) is 2. The van der Waals surface area contributed by atoms with E-state index < -0.39 is 23.6 Å². The van der Waals surface area contributed by atoms with Gasteiger partial charge >= 0.3 is 5.69 Å². The molecule has 120 valence electrons. The van der Waals surface area contributed by atoms with Gasteiger partial charge in [0.05, 0.1) is 17.0 Å². The lowest BCUT2D eigenvalue weighted by atomic mass is 10.2. The molecule has 0 saturated carbocycles. The average Bonchev–Trinajstić information content (AvgIpc) is 2.80. The molecule has 1 aliphatic heterocycles. The van der Waals surface area contributed by atoms with Crippen molar-refractivity contribution >= 4 is 39.5 Å². The number of H-pyrrole nitrogens is 1. The first-order valence-electron chi connectivity index (χ1n) is 6.58. The van der Waals surface area contributed by atoms with Gasteiger partial charge in [-0.3, -0.25) is 19.1 Å². The molecule has 1 saturated heterocycles. The van der Waals surface area contributed by atoms with Gasteiger partial charge in [0, 0.05) is 26.1 Å². The molecule has 2 rings (SSSR count). The third-order valence-corrected chi connectivity index (χ3v) is 3.99. The highest BCUT2D eigenvalue weighted by atomic mass is 79.9. The molecule has 0 bridgehead atoms. The number of ether oxygens (including phenoxy) is 1. The van der Waals surface area contributed by atoms with E-state index in [9.17, 15) is 14.4 Å². The lowest BCUT2D eigenvalue weighted by molar-refractivity contribution is -0.119. The summed E-state index contributed by atoms with van der Waals surface area (Å²) >= 11 is 9.29. The lowest BCUT2D eigenvalue weighted by Gasteiger charge is -2.16. The van der Waals surface area contributed by atoms with Gasteiger partial charge in [-0.15, -0.1) is 11.6 Å². The standard InChI is InChI=1S/C13H15BrClN3O4/c1-7(19)16-5-10-9(15)4-11(22-10)18-6-8(2-3-14)12(20)17-13(18)21/h2-3,6,9-11H,4-5H2,1H3,(H,16,19)(H,17,20,21)/b3-2+/t9-,10+,11+/m0/s1. The predicted molar refractivity (Wildman–Crippen MR) is 86.1 cm³/mol. The number of aromatic nitrogens is 2. The van der Waals surface area contributed by atoms with Crippen LogP contribution in [0.25, 0.3) is 6.08 Å². The lowest BCUT2D eigenvalue weighted by Crippen LogP contribution is -2.35. The molecular formula is C13H15BrClN3O4. The van der Waals surface area contributed by atoms with Crippen LogP contribution in [0.2, 0.25) is 0 Å². The minimum absolute atomic E-state index is 0.179. The Morgan fingerprint density at radius 2 is 2.36 bits per heavy atom. The maximum atomic E-state index is 11.9. The topological polar surface area (TPSA) is 93.2 Å². The minimum atomic E-state index is -0.590. The number of nitrogens with zero attached hydrogens (tertiary/aromatic N) is 1. The molecule has 2 heterocycles. The van der Waals surface area contributed by atoms with Gasteiger partial charge in [-0.1, -0.05) is 15.9 Å². The average molecular weight is 393 g/mol. The molecule has 1 amide bonds. The van der Waals surface area contributed by atoms with E-state index in [0.717, 1.165) is 0 Å². The predicted octanol–water partition coefficient (Wildman–Crippen LogP) is 0.933. The van der Waals surface area contributed by atoms with Crippen molar-refractivity contribution < 1.29 is 9.53 Å². The van der Waals surface area contributed by atoms with Gasteiger partial charge in [0.2, 0.25) is 5.91 Å². The zero-order valence-electron chi connectivity index (χ0n) is 11.7. The van der Waals surface area contributed by atoms with Gasteiger partial charge < -0.3 is 10.1 Å². The highest BCUT2D eigenvalue weighted by molar-refractivity contribution is 9.11. The number of hydrogen-bond acceptors (Lipinski definition) is 4. The molecule has 3 atom stereocenters. The molecule has 1 aromatic heterocycles. The number of carbonyl (C=O) groups excluding carboxylic acids is 1. The summed E-state index contributed by atoms with van der Waals surface area (Å²) < 4.78 is 7.02. The monoisotopic (exact) mass is 391 g/mol. The van der Waals surface area contributed by atoms with Crippen LogP contribution in [0.1, 0.15) is 25.1 Å². The van der Waals surface area contributed by atoms with E-state index in [1.807, 2.05) is 0 Å². The Morgan fingerprint density at radius 3 is 3.00 bits per heavy atom. The first kappa shape index (κ1) is 17.0. The minimum Gasteiger partial charge on any atom is -0.354 e. The third kappa shape index (κ3) is 3.88. The van der Waals surface area contributed by atoms with Crippen LogP contribution in [0.5, 0.6) is 0 Å². The Morgan fingerprint density at radius 1 is 1.64 bits per heavy atom. The highest BCUT2D eigenvalue weighted by Gasteiger charge is 2.35. The van der Waals surface area contributed by atoms with Crippen molar-refractivity contribution in [1.29, 1.82) is 0 Å². The zero-order chi connectivity index (χ0) is 16.3. The van der Waals surface area contributed by atoms with Crippen LogP contribution in [0.4, 0.5) is 0 Å². The van der Waals surface area contributed by atoms with E-state index in [4.69, 9.17) is 16.3 Å². The number of halogens is 2. The van der Waals surface area contributed by atoms with E-state index in [1.165, 1.54) is 28.7 Å². The first-order valence-corrected chi connectivity index (χ1v) is 7.93. The SMILES string of the molecule is CC(=O)NC[C@H]1O[C@@H](n2cc(/C=C/Br)c(=O)[nH]c2=O)C[C@@H]1Cl. The Labute approximate surface area is 139 Å². The Kier molecular flexibility index (Phi) is 5.60. The van der Waals surface area contributed by atoms with Crippen LogP contribution >= 0.6 is 27.5 Å². The smallest absolute Gasteiger partial charge is 0.330 e. The van der Waals surface area contributed by atoms with Crippen molar-refractivity contribution in [2.24, 2.45) is 0 Å². The second kappa shape index (κ2) is 7.26. The molecular weight excluding hydrogens is 378 g/mol. The summed E-state index contributed by atoms with van der Waals surface area (Å²) in [6, 6.07) is 0. The molecule has 0 aliphatic carbocycles. The van der Waals surface area contributed by atoms with Crippen molar-refractivity contribution in [2.45, 2.75) is 31.1 Å². The summed E-state index contributed by atoms with van der Waals surface area (Å²) in [5.74, 6) is -0.179. The molecule has 7 nitrogen and oxygen atoms in total. The van der Waals surface area contributed by atoms with E-state index in [1.54, 1.807) is 0 Å². The van der Waals surface area contributed by atoms with Crippen LogP contribution in [-0.4, -0.2) is 33.5 Å². The maximum Gasteiger partial charge on any atom is 0.330 e. The summed E-state index contributed by atoms with van der Waals surface area (Å²) in [6.45, 7) is 1.67. The summed E-state index contributed by atoms with van der Waals surface area (Å²) in [6.07, 6.45) is 2.36. The normalized spacial score (nSPS) is 24.8. The molecule has 1 aromatic rings. The second-order valence-corrected chi connectivity index (χ2v) is 5.95. The van der Waals surface area contributed by atoms with Crippen molar-refractivity contribution in [2.75, 3.05) is 6.54 Å². The second-order valence-electron chi connectivity index (χ2n) is 4.86. The molecule has 9 heteroatoms. The van der Waals surface area contributed by atoms with Gasteiger partial charge in [-0.25, -0.2) is 4.79 Å². The van der Waals surface area contributed by atoms with Crippen molar-refractivity contribution in [3.05, 3.63) is 37.6 Å². The van der Waals surface area contributed by atoms with E-state index in [-0.39, 0.29) is 17.8 Å². The van der Waals surface area contributed by atoms with Gasteiger partial charge in [-0.2, -0.15) is 0 Å². The van der Waals surface area contributed by atoms with Crippen molar-refractivity contribution in [1.82, 2.24) is 14.9 Å². The van der Waals surface area contributed by atoms with Gasteiger partial charge in [0.25, 0.3) is 5.56 Å². The highest BCUT2D eigenvalue weighted by Crippen LogP contribution is 2.31. The molecule has 0 radical (unpaired) electrons. The van der Waals surface area contributed by atoms with Crippen LogP contribution < -0.4 is 16.6 Å².